The summed E-state index contributed by atoms with van der Waals surface area (Å²) in [5.74, 6) is -1.74. The van der Waals surface area contributed by atoms with Gasteiger partial charge in [-0.3, -0.25) is 4.79 Å². The number of carboxylic acids is 1. The summed E-state index contributed by atoms with van der Waals surface area (Å²) >= 11 is 0. The van der Waals surface area contributed by atoms with E-state index in [2.05, 4.69) is 0 Å². The summed E-state index contributed by atoms with van der Waals surface area (Å²) in [5.41, 5.74) is 5.72. The van der Waals surface area contributed by atoms with Gasteiger partial charge in [0.2, 0.25) is 0 Å². The van der Waals surface area contributed by atoms with Gasteiger partial charge in [-0.15, -0.1) is 0 Å². The molecule has 1 heterocycles. The Balaban J connectivity index is 2.42. The van der Waals surface area contributed by atoms with Crippen LogP contribution in [0.15, 0.2) is 12.1 Å². The third-order valence-corrected chi connectivity index (χ3v) is 2.85. The van der Waals surface area contributed by atoms with E-state index in [1.54, 1.807) is 0 Å². The number of carboxylic acid groups (broad SMARTS) is 1. The van der Waals surface area contributed by atoms with Crippen LogP contribution in [0.5, 0.6) is 5.75 Å². The average Bonchev–Trinajstić information content (AvgIpc) is 2.55. The summed E-state index contributed by atoms with van der Waals surface area (Å²) < 4.78 is 24.2. The fourth-order valence-electron chi connectivity index (χ4n) is 1.88. The molecular formula is C11H13BFNO5. The zero-order valence-corrected chi connectivity index (χ0v) is 10.0. The summed E-state index contributed by atoms with van der Waals surface area (Å²) in [6.45, 7) is 0.296. The predicted octanol–water partition coefficient (Wildman–Crippen LogP) is -1.12. The van der Waals surface area contributed by atoms with Crippen molar-refractivity contribution in [2.75, 3.05) is 13.2 Å². The molecule has 1 aromatic carbocycles. The number of fused-ring (bicyclic) bond motifs is 1. The molecule has 1 aliphatic heterocycles. The molecule has 0 radical (unpaired) electrons. The Morgan fingerprint density at radius 1 is 1.53 bits per heavy atom. The Hall–Kier alpha value is -1.64. The lowest BCUT2D eigenvalue weighted by Gasteiger charge is -2.15. The largest absolute Gasteiger partial charge is 0.495 e. The average molecular weight is 269 g/mol. The van der Waals surface area contributed by atoms with Gasteiger partial charge in [0.25, 0.3) is 0 Å². The number of aliphatic carboxylic acids is 1. The highest BCUT2D eigenvalue weighted by Gasteiger charge is 2.29. The van der Waals surface area contributed by atoms with Crippen LogP contribution >= 0.6 is 0 Å². The second kappa shape index (κ2) is 5.56. The second-order valence-corrected chi connectivity index (χ2v) is 4.16. The van der Waals surface area contributed by atoms with Crippen molar-refractivity contribution < 1.29 is 28.7 Å². The van der Waals surface area contributed by atoms with Crippen LogP contribution in [0.25, 0.3) is 0 Å². The van der Waals surface area contributed by atoms with E-state index in [1.807, 2.05) is 0 Å². The van der Waals surface area contributed by atoms with Crippen LogP contribution < -0.4 is 15.9 Å². The van der Waals surface area contributed by atoms with Crippen molar-refractivity contribution in [1.29, 1.82) is 0 Å². The van der Waals surface area contributed by atoms with E-state index in [1.165, 1.54) is 6.07 Å². The van der Waals surface area contributed by atoms with Gasteiger partial charge in [-0.25, -0.2) is 4.39 Å². The molecule has 1 atom stereocenters. The van der Waals surface area contributed by atoms with Gasteiger partial charge in [0.1, 0.15) is 24.2 Å². The quantitative estimate of drug-likeness (QED) is 0.600. The predicted molar refractivity (Wildman–Crippen MR) is 64.8 cm³/mol. The normalized spacial score (nSPS) is 16.3. The lowest BCUT2D eigenvalue weighted by atomic mass is 9.77. The highest BCUT2D eigenvalue weighted by atomic mass is 19.1. The van der Waals surface area contributed by atoms with E-state index in [0.717, 1.165) is 6.07 Å². The van der Waals surface area contributed by atoms with Crippen molar-refractivity contribution in [1.82, 2.24) is 0 Å². The SMILES string of the molecule is NC(Cc1c(F)ccc2c1OCCOB2O)C(=O)O. The molecule has 1 unspecified atom stereocenters. The molecule has 1 aliphatic rings. The number of hydrogen-bond donors (Lipinski definition) is 3. The molecule has 1 aromatic rings. The van der Waals surface area contributed by atoms with E-state index in [9.17, 15) is 14.2 Å². The molecule has 0 bridgehead atoms. The first-order valence-corrected chi connectivity index (χ1v) is 5.73. The number of carbonyl (C=O) groups is 1. The molecule has 19 heavy (non-hydrogen) atoms. The molecule has 0 aliphatic carbocycles. The van der Waals surface area contributed by atoms with Gasteiger partial charge in [-0.05, 0) is 6.07 Å². The fourth-order valence-corrected chi connectivity index (χ4v) is 1.88. The maximum atomic E-state index is 13.8. The highest BCUT2D eigenvalue weighted by molar-refractivity contribution is 6.61. The molecule has 6 nitrogen and oxygen atoms in total. The van der Waals surface area contributed by atoms with Crippen molar-refractivity contribution in [3.8, 4) is 5.75 Å². The molecular weight excluding hydrogens is 256 g/mol. The molecule has 2 rings (SSSR count). The van der Waals surface area contributed by atoms with E-state index in [0.29, 0.717) is 0 Å². The Morgan fingerprint density at radius 3 is 2.95 bits per heavy atom. The van der Waals surface area contributed by atoms with Gasteiger partial charge in [0.15, 0.2) is 0 Å². The maximum absolute atomic E-state index is 13.8. The van der Waals surface area contributed by atoms with Gasteiger partial charge in [-0.1, -0.05) is 6.07 Å². The van der Waals surface area contributed by atoms with Crippen molar-refractivity contribution in [3.63, 3.8) is 0 Å². The van der Waals surface area contributed by atoms with Gasteiger partial charge in [0, 0.05) is 17.4 Å². The minimum absolute atomic E-state index is 0.0388. The Labute approximate surface area is 109 Å². The van der Waals surface area contributed by atoms with E-state index < -0.39 is 24.9 Å². The van der Waals surface area contributed by atoms with Gasteiger partial charge in [-0.2, -0.15) is 0 Å². The monoisotopic (exact) mass is 269 g/mol. The van der Waals surface area contributed by atoms with Crippen LogP contribution in [0.3, 0.4) is 0 Å². The minimum Gasteiger partial charge on any atom is -0.491 e. The molecule has 0 saturated heterocycles. The number of benzene rings is 1. The standard InChI is InChI=1S/C11H13BFNO5/c13-8-2-1-7-10(18-3-4-19-12(7)17)6(8)5-9(14)11(15)16/h1-2,9,17H,3-5,14H2,(H,15,16). The van der Waals surface area contributed by atoms with Crippen molar-refractivity contribution >= 4 is 18.6 Å². The number of ether oxygens (including phenoxy) is 1. The Bertz CT molecular complexity index is 498. The minimum atomic E-state index is -1.24. The molecule has 0 amide bonds. The zero-order valence-electron chi connectivity index (χ0n) is 10.0. The summed E-state index contributed by atoms with van der Waals surface area (Å²) in [4.78, 5) is 10.8. The van der Waals surface area contributed by atoms with Crippen LogP contribution in [0.4, 0.5) is 4.39 Å². The topological polar surface area (TPSA) is 102 Å². The van der Waals surface area contributed by atoms with E-state index in [4.69, 9.17) is 20.2 Å². The lowest BCUT2D eigenvalue weighted by molar-refractivity contribution is -0.138. The van der Waals surface area contributed by atoms with Crippen molar-refractivity contribution in [2.45, 2.75) is 12.5 Å². The summed E-state index contributed by atoms with van der Waals surface area (Å²) in [5, 5.41) is 18.5. The van der Waals surface area contributed by atoms with Gasteiger partial charge >= 0.3 is 13.1 Å². The Morgan fingerprint density at radius 2 is 2.26 bits per heavy atom. The zero-order chi connectivity index (χ0) is 14.0. The highest BCUT2D eigenvalue weighted by Crippen LogP contribution is 2.23. The fraction of sp³-hybridized carbons (Fsp3) is 0.364. The first-order chi connectivity index (χ1) is 9.00. The summed E-state index contributed by atoms with van der Waals surface area (Å²) in [7, 11) is -1.22. The summed E-state index contributed by atoms with van der Waals surface area (Å²) in [6, 6.07) is 1.23. The smallest absolute Gasteiger partial charge is 0.491 e. The van der Waals surface area contributed by atoms with Crippen molar-refractivity contribution in [3.05, 3.63) is 23.5 Å². The van der Waals surface area contributed by atoms with Crippen LogP contribution in [-0.2, 0) is 15.9 Å². The molecule has 0 saturated carbocycles. The number of nitrogens with two attached hydrogens (primary N) is 1. The van der Waals surface area contributed by atoms with Crippen LogP contribution in [0, 0.1) is 5.82 Å². The lowest BCUT2D eigenvalue weighted by Crippen LogP contribution is -2.36. The molecule has 8 heteroatoms. The number of hydrogen-bond acceptors (Lipinski definition) is 5. The first kappa shape index (κ1) is 13.8. The molecule has 102 valence electrons. The molecule has 0 aromatic heterocycles. The second-order valence-electron chi connectivity index (χ2n) is 4.16. The molecule has 0 fully saturated rings. The molecule has 0 spiro atoms. The van der Waals surface area contributed by atoms with Crippen LogP contribution in [-0.4, -0.2) is 42.5 Å². The third kappa shape index (κ3) is 2.86. The van der Waals surface area contributed by atoms with Gasteiger partial charge < -0.3 is 25.3 Å². The third-order valence-electron chi connectivity index (χ3n) is 2.85. The number of rotatable bonds is 3. The summed E-state index contributed by atoms with van der Waals surface area (Å²) in [6.07, 6.45) is -0.225. The molecule has 4 N–H and O–H groups in total. The van der Waals surface area contributed by atoms with E-state index >= 15 is 0 Å². The van der Waals surface area contributed by atoms with Crippen LogP contribution in [0.2, 0.25) is 0 Å². The van der Waals surface area contributed by atoms with Crippen LogP contribution in [0.1, 0.15) is 5.56 Å². The van der Waals surface area contributed by atoms with Crippen molar-refractivity contribution in [2.24, 2.45) is 5.73 Å². The first-order valence-electron chi connectivity index (χ1n) is 5.73. The Kier molecular flexibility index (Phi) is 4.03. The maximum Gasteiger partial charge on any atom is 0.495 e. The van der Waals surface area contributed by atoms with E-state index in [-0.39, 0.29) is 36.4 Å². The number of halogens is 1. The van der Waals surface area contributed by atoms with Gasteiger partial charge in [0.05, 0.1) is 6.61 Å².